The van der Waals surface area contributed by atoms with E-state index in [1.54, 1.807) is 6.08 Å². The molecule has 2 aromatic rings. The third-order valence-corrected chi connectivity index (χ3v) is 3.62. The number of hydrogen-bond acceptors (Lipinski definition) is 3. The molecule has 0 aliphatic heterocycles. The lowest BCUT2D eigenvalue weighted by molar-refractivity contribution is -0.384. The Kier molecular flexibility index (Phi) is 4.65. The van der Waals surface area contributed by atoms with Crippen LogP contribution in [0.25, 0.3) is 6.08 Å². The smallest absolute Gasteiger partial charge is 0.270 e. The van der Waals surface area contributed by atoms with E-state index in [-0.39, 0.29) is 17.0 Å². The second-order valence-electron chi connectivity index (χ2n) is 4.53. The molecule has 4 nitrogen and oxygen atoms in total. The van der Waals surface area contributed by atoms with Crippen LogP contribution in [0.4, 0.5) is 5.69 Å². The van der Waals surface area contributed by atoms with E-state index in [4.69, 9.17) is 0 Å². The van der Waals surface area contributed by atoms with Gasteiger partial charge >= 0.3 is 0 Å². The molecule has 0 radical (unpaired) electrons. The van der Waals surface area contributed by atoms with Gasteiger partial charge in [-0.2, -0.15) is 0 Å². The van der Waals surface area contributed by atoms with Crippen LogP contribution in [0.15, 0.2) is 53.0 Å². The van der Waals surface area contributed by atoms with E-state index in [0.717, 1.165) is 11.1 Å². The highest BCUT2D eigenvalue weighted by Gasteiger charge is 2.13. The number of aryl methyl sites for hydroxylation is 1. The van der Waals surface area contributed by atoms with Gasteiger partial charge in [0.1, 0.15) is 0 Å². The van der Waals surface area contributed by atoms with Gasteiger partial charge in [-0.15, -0.1) is 0 Å². The first-order chi connectivity index (χ1) is 9.97. The average molecular weight is 346 g/mol. The Labute approximate surface area is 130 Å². The molecule has 0 spiro atoms. The molecule has 21 heavy (non-hydrogen) atoms. The van der Waals surface area contributed by atoms with E-state index >= 15 is 0 Å². The zero-order valence-corrected chi connectivity index (χ0v) is 12.8. The maximum Gasteiger partial charge on any atom is 0.270 e. The molecule has 0 heterocycles. The number of carbonyl (C=O) groups excluding carboxylic acids is 1. The van der Waals surface area contributed by atoms with Crippen LogP contribution in [0, 0.1) is 17.0 Å². The number of allylic oxidation sites excluding steroid dienone is 1. The average Bonchev–Trinajstić information content (AvgIpc) is 2.46. The number of halogens is 1. The van der Waals surface area contributed by atoms with E-state index in [1.165, 1.54) is 24.3 Å². The zero-order chi connectivity index (χ0) is 15.4. The van der Waals surface area contributed by atoms with Gasteiger partial charge in [0, 0.05) is 22.2 Å². The highest BCUT2D eigenvalue weighted by molar-refractivity contribution is 9.10. The quantitative estimate of drug-likeness (QED) is 0.353. The summed E-state index contributed by atoms with van der Waals surface area (Å²) in [4.78, 5) is 22.4. The molecule has 0 unspecified atom stereocenters. The summed E-state index contributed by atoms with van der Waals surface area (Å²) in [7, 11) is 0. The molecule has 0 N–H and O–H groups in total. The molecular formula is C16H12BrNO3. The van der Waals surface area contributed by atoms with Crippen LogP contribution in [0.5, 0.6) is 0 Å². The molecule has 0 aromatic heterocycles. The lowest BCUT2D eigenvalue weighted by Crippen LogP contribution is -1.98. The number of rotatable bonds is 4. The van der Waals surface area contributed by atoms with Crippen molar-refractivity contribution in [2.75, 3.05) is 0 Å². The van der Waals surface area contributed by atoms with Crippen LogP contribution >= 0.6 is 15.9 Å². The minimum absolute atomic E-state index is 0.106. The van der Waals surface area contributed by atoms with Crippen molar-refractivity contribution in [2.45, 2.75) is 6.92 Å². The van der Waals surface area contributed by atoms with E-state index < -0.39 is 4.92 Å². The van der Waals surface area contributed by atoms with E-state index in [2.05, 4.69) is 15.9 Å². The van der Waals surface area contributed by atoms with E-state index in [0.29, 0.717) is 4.47 Å². The summed E-state index contributed by atoms with van der Waals surface area (Å²) in [6.45, 7) is 1.98. The Balaban J connectivity index is 2.25. The fourth-order valence-electron chi connectivity index (χ4n) is 1.75. The Bertz CT molecular complexity index is 721. The van der Waals surface area contributed by atoms with Crippen molar-refractivity contribution in [1.29, 1.82) is 0 Å². The SMILES string of the molecule is Cc1ccc(/C=C/C(=O)c2cc([N+](=O)[O-])ccc2Br)cc1. The number of nitro benzene ring substituents is 1. The number of non-ortho nitro benzene ring substituents is 1. The second kappa shape index (κ2) is 6.45. The molecule has 0 fully saturated rings. The number of nitro groups is 1. The second-order valence-corrected chi connectivity index (χ2v) is 5.38. The number of ketones is 1. The lowest BCUT2D eigenvalue weighted by atomic mass is 10.1. The lowest BCUT2D eigenvalue weighted by Gasteiger charge is -2.00. The van der Waals surface area contributed by atoms with Crippen LogP contribution in [0.1, 0.15) is 21.5 Å². The molecule has 0 bridgehead atoms. The van der Waals surface area contributed by atoms with Gasteiger partial charge in [0.05, 0.1) is 4.92 Å². The molecule has 0 saturated carbocycles. The first kappa shape index (κ1) is 15.1. The topological polar surface area (TPSA) is 60.2 Å². The van der Waals surface area contributed by atoms with Crippen molar-refractivity contribution in [3.63, 3.8) is 0 Å². The third-order valence-electron chi connectivity index (χ3n) is 2.93. The normalized spacial score (nSPS) is 10.8. The summed E-state index contributed by atoms with van der Waals surface area (Å²) in [5, 5.41) is 10.8. The van der Waals surface area contributed by atoms with Crippen LogP contribution in [-0.4, -0.2) is 10.7 Å². The summed E-state index contributed by atoms with van der Waals surface area (Å²) in [5.41, 5.74) is 2.20. The standard InChI is InChI=1S/C16H12BrNO3/c1-11-2-4-12(5-3-11)6-9-16(19)14-10-13(18(20)21)7-8-15(14)17/h2-10H,1H3/b9-6+. The van der Waals surface area contributed by atoms with Crippen LogP contribution in [0.3, 0.4) is 0 Å². The van der Waals surface area contributed by atoms with Gasteiger partial charge in [0.25, 0.3) is 5.69 Å². The predicted molar refractivity (Wildman–Crippen MR) is 85.3 cm³/mol. The van der Waals surface area contributed by atoms with Crippen molar-refractivity contribution < 1.29 is 9.72 Å². The van der Waals surface area contributed by atoms with Crippen LogP contribution in [0.2, 0.25) is 0 Å². The first-order valence-corrected chi connectivity index (χ1v) is 6.99. The molecule has 2 rings (SSSR count). The van der Waals surface area contributed by atoms with Gasteiger partial charge < -0.3 is 0 Å². The number of benzene rings is 2. The first-order valence-electron chi connectivity index (χ1n) is 6.20. The van der Waals surface area contributed by atoms with Crippen molar-refractivity contribution in [1.82, 2.24) is 0 Å². The zero-order valence-electron chi connectivity index (χ0n) is 11.2. The Morgan fingerprint density at radius 2 is 1.86 bits per heavy atom. The van der Waals surface area contributed by atoms with Crippen molar-refractivity contribution in [2.24, 2.45) is 0 Å². The molecule has 0 amide bonds. The van der Waals surface area contributed by atoms with Crippen molar-refractivity contribution in [3.05, 3.63) is 79.8 Å². The van der Waals surface area contributed by atoms with Crippen molar-refractivity contribution >= 4 is 33.5 Å². The molecular weight excluding hydrogens is 334 g/mol. The van der Waals surface area contributed by atoms with Crippen molar-refractivity contribution in [3.8, 4) is 0 Å². The van der Waals surface area contributed by atoms with Gasteiger partial charge in [0.2, 0.25) is 0 Å². The Hall–Kier alpha value is -2.27. The number of hydrogen-bond donors (Lipinski definition) is 0. The minimum Gasteiger partial charge on any atom is -0.289 e. The summed E-state index contributed by atoms with van der Waals surface area (Å²) in [6, 6.07) is 11.8. The van der Waals surface area contributed by atoms with Gasteiger partial charge in [-0.3, -0.25) is 14.9 Å². The summed E-state index contributed by atoms with van der Waals surface area (Å²) in [5.74, 6) is -0.286. The number of carbonyl (C=O) groups is 1. The highest BCUT2D eigenvalue weighted by Crippen LogP contribution is 2.23. The monoisotopic (exact) mass is 345 g/mol. The Morgan fingerprint density at radius 3 is 2.48 bits per heavy atom. The number of nitrogens with zero attached hydrogens (tertiary/aromatic N) is 1. The third kappa shape index (κ3) is 3.86. The molecule has 106 valence electrons. The van der Waals surface area contributed by atoms with Crippen LogP contribution < -0.4 is 0 Å². The summed E-state index contributed by atoms with van der Waals surface area (Å²) < 4.78 is 0.534. The van der Waals surface area contributed by atoms with Gasteiger partial charge in [-0.25, -0.2) is 0 Å². The molecule has 0 saturated heterocycles. The van der Waals surface area contributed by atoms with Crippen LogP contribution in [-0.2, 0) is 0 Å². The van der Waals surface area contributed by atoms with Gasteiger partial charge in [0.15, 0.2) is 5.78 Å². The summed E-state index contributed by atoms with van der Waals surface area (Å²) >= 11 is 3.24. The van der Waals surface area contributed by atoms with Gasteiger partial charge in [-0.1, -0.05) is 51.8 Å². The predicted octanol–water partition coefficient (Wildman–Crippen LogP) is 4.56. The fraction of sp³-hybridized carbons (Fsp3) is 0.0625. The maximum atomic E-state index is 12.1. The molecule has 2 aromatic carbocycles. The molecule has 0 aliphatic carbocycles. The van der Waals surface area contributed by atoms with E-state index in [9.17, 15) is 14.9 Å². The fourth-order valence-corrected chi connectivity index (χ4v) is 2.20. The molecule has 5 heteroatoms. The maximum absolute atomic E-state index is 12.1. The molecule has 0 atom stereocenters. The highest BCUT2D eigenvalue weighted by atomic mass is 79.9. The van der Waals surface area contributed by atoms with Gasteiger partial charge in [-0.05, 0) is 24.6 Å². The van der Waals surface area contributed by atoms with E-state index in [1.807, 2.05) is 31.2 Å². The molecule has 0 aliphatic rings. The minimum atomic E-state index is -0.521. The summed E-state index contributed by atoms with van der Waals surface area (Å²) in [6.07, 6.45) is 3.10. The largest absolute Gasteiger partial charge is 0.289 e. The Morgan fingerprint density at radius 1 is 1.19 bits per heavy atom.